The zero-order valence-corrected chi connectivity index (χ0v) is 9.95. The molecule has 0 aliphatic heterocycles. The van der Waals surface area contributed by atoms with Crippen molar-refractivity contribution in [3.8, 4) is 5.75 Å². The Morgan fingerprint density at radius 3 is 2.38 bits per heavy atom. The van der Waals surface area contributed by atoms with Crippen molar-refractivity contribution in [1.82, 2.24) is 0 Å². The maximum Gasteiger partial charge on any atom is 0.136 e. The van der Waals surface area contributed by atoms with Crippen molar-refractivity contribution in [3.05, 3.63) is 29.8 Å². The summed E-state index contributed by atoms with van der Waals surface area (Å²) in [5.41, 5.74) is 1.20. The predicted molar refractivity (Wildman–Crippen MR) is 63.7 cm³/mol. The first-order valence-electron chi connectivity index (χ1n) is 5.89. The molecule has 0 radical (unpaired) electrons. The fourth-order valence-electron chi connectivity index (χ4n) is 2.07. The van der Waals surface area contributed by atoms with Gasteiger partial charge in [0.15, 0.2) is 0 Å². The van der Waals surface area contributed by atoms with Crippen LogP contribution in [0.15, 0.2) is 24.3 Å². The van der Waals surface area contributed by atoms with Crippen molar-refractivity contribution < 1.29 is 9.53 Å². The molecule has 0 unspecified atom stereocenters. The van der Waals surface area contributed by atoms with Gasteiger partial charge in [0.05, 0.1) is 6.61 Å². The molecule has 1 aliphatic rings. The SMILES string of the molecule is CCOc1ccc(CC2(C(C)=O)CC2)cc1. The summed E-state index contributed by atoms with van der Waals surface area (Å²) in [6.07, 6.45) is 2.99. The van der Waals surface area contributed by atoms with E-state index >= 15 is 0 Å². The Morgan fingerprint density at radius 2 is 1.94 bits per heavy atom. The van der Waals surface area contributed by atoms with Gasteiger partial charge in [0.2, 0.25) is 0 Å². The summed E-state index contributed by atoms with van der Waals surface area (Å²) >= 11 is 0. The van der Waals surface area contributed by atoms with Crippen LogP contribution in [0.2, 0.25) is 0 Å². The molecule has 2 nitrogen and oxygen atoms in total. The van der Waals surface area contributed by atoms with E-state index in [2.05, 4.69) is 12.1 Å². The average Bonchev–Trinajstić information content (AvgIpc) is 3.03. The number of benzene rings is 1. The summed E-state index contributed by atoms with van der Waals surface area (Å²) in [7, 11) is 0. The topological polar surface area (TPSA) is 26.3 Å². The quantitative estimate of drug-likeness (QED) is 0.759. The molecule has 1 saturated carbocycles. The molecule has 16 heavy (non-hydrogen) atoms. The highest BCUT2D eigenvalue weighted by atomic mass is 16.5. The first-order chi connectivity index (χ1) is 7.66. The van der Waals surface area contributed by atoms with E-state index in [9.17, 15) is 4.79 Å². The smallest absolute Gasteiger partial charge is 0.136 e. The molecule has 0 N–H and O–H groups in total. The van der Waals surface area contributed by atoms with Gasteiger partial charge in [-0.1, -0.05) is 12.1 Å². The number of rotatable bonds is 5. The number of carbonyl (C=O) groups excluding carboxylic acids is 1. The number of Topliss-reactive ketones (excluding diaryl/α,β-unsaturated/α-hetero) is 1. The lowest BCUT2D eigenvalue weighted by atomic mass is 9.93. The van der Waals surface area contributed by atoms with E-state index in [4.69, 9.17) is 4.74 Å². The number of ketones is 1. The minimum atomic E-state index is -0.0346. The highest BCUT2D eigenvalue weighted by Crippen LogP contribution is 2.49. The van der Waals surface area contributed by atoms with Crippen molar-refractivity contribution in [1.29, 1.82) is 0 Å². The van der Waals surface area contributed by atoms with E-state index < -0.39 is 0 Å². The summed E-state index contributed by atoms with van der Waals surface area (Å²) < 4.78 is 5.39. The monoisotopic (exact) mass is 218 g/mol. The number of hydrogen-bond acceptors (Lipinski definition) is 2. The molecule has 2 heteroatoms. The minimum Gasteiger partial charge on any atom is -0.494 e. The van der Waals surface area contributed by atoms with Crippen LogP contribution < -0.4 is 4.74 Å². The summed E-state index contributed by atoms with van der Waals surface area (Å²) in [4.78, 5) is 11.5. The van der Waals surface area contributed by atoms with E-state index in [0.29, 0.717) is 12.4 Å². The lowest BCUT2D eigenvalue weighted by Crippen LogP contribution is -2.14. The maximum absolute atomic E-state index is 11.5. The maximum atomic E-state index is 11.5. The molecule has 0 aromatic heterocycles. The lowest BCUT2D eigenvalue weighted by Gasteiger charge is -2.11. The van der Waals surface area contributed by atoms with Gasteiger partial charge < -0.3 is 4.74 Å². The van der Waals surface area contributed by atoms with Gasteiger partial charge in [0, 0.05) is 5.41 Å². The van der Waals surface area contributed by atoms with Crippen molar-refractivity contribution in [3.63, 3.8) is 0 Å². The van der Waals surface area contributed by atoms with Gasteiger partial charge in [-0.05, 0) is 50.8 Å². The summed E-state index contributed by atoms with van der Waals surface area (Å²) in [6, 6.07) is 8.09. The molecule has 0 saturated heterocycles. The standard InChI is InChI=1S/C14H18O2/c1-3-16-13-6-4-12(5-7-13)10-14(8-9-14)11(2)15/h4-7H,3,8-10H2,1-2H3. The Labute approximate surface area is 96.6 Å². The molecular weight excluding hydrogens is 200 g/mol. The molecule has 0 spiro atoms. The molecule has 1 aromatic carbocycles. The predicted octanol–water partition coefficient (Wildman–Crippen LogP) is 3.00. The third-order valence-corrected chi connectivity index (χ3v) is 3.38. The van der Waals surface area contributed by atoms with Crippen LogP contribution in [-0.4, -0.2) is 12.4 Å². The van der Waals surface area contributed by atoms with Gasteiger partial charge in [0.25, 0.3) is 0 Å². The van der Waals surface area contributed by atoms with Crippen LogP contribution in [0.3, 0.4) is 0 Å². The van der Waals surface area contributed by atoms with Crippen molar-refractivity contribution in [2.24, 2.45) is 5.41 Å². The first-order valence-corrected chi connectivity index (χ1v) is 5.89. The molecule has 0 bridgehead atoms. The van der Waals surface area contributed by atoms with E-state index in [0.717, 1.165) is 25.0 Å². The highest BCUT2D eigenvalue weighted by Gasteiger charge is 2.46. The van der Waals surface area contributed by atoms with Crippen LogP contribution in [-0.2, 0) is 11.2 Å². The van der Waals surface area contributed by atoms with E-state index in [-0.39, 0.29) is 5.41 Å². The molecular formula is C14H18O2. The number of carbonyl (C=O) groups is 1. The van der Waals surface area contributed by atoms with Gasteiger partial charge in [0.1, 0.15) is 11.5 Å². The van der Waals surface area contributed by atoms with Gasteiger partial charge in [-0.2, -0.15) is 0 Å². The van der Waals surface area contributed by atoms with E-state index in [1.165, 1.54) is 5.56 Å². The summed E-state index contributed by atoms with van der Waals surface area (Å²) in [6.45, 7) is 4.38. The Bertz CT molecular complexity index is 374. The van der Waals surface area contributed by atoms with Gasteiger partial charge in [-0.15, -0.1) is 0 Å². The fraction of sp³-hybridized carbons (Fsp3) is 0.500. The number of ether oxygens (including phenoxy) is 1. The normalized spacial score (nSPS) is 16.9. The molecule has 0 atom stereocenters. The summed E-state index contributed by atoms with van der Waals surface area (Å²) in [5, 5.41) is 0. The number of hydrogen-bond donors (Lipinski definition) is 0. The van der Waals surface area contributed by atoms with Crippen LogP contribution in [0.25, 0.3) is 0 Å². The Balaban J connectivity index is 2.03. The van der Waals surface area contributed by atoms with E-state index in [1.807, 2.05) is 19.1 Å². The minimum absolute atomic E-state index is 0.0346. The first kappa shape index (κ1) is 11.2. The lowest BCUT2D eigenvalue weighted by molar-refractivity contribution is -0.121. The fourth-order valence-corrected chi connectivity index (χ4v) is 2.07. The average molecular weight is 218 g/mol. The second-order valence-electron chi connectivity index (χ2n) is 4.59. The third-order valence-electron chi connectivity index (χ3n) is 3.38. The second-order valence-corrected chi connectivity index (χ2v) is 4.59. The van der Waals surface area contributed by atoms with Gasteiger partial charge in [-0.25, -0.2) is 0 Å². The Hall–Kier alpha value is -1.31. The van der Waals surface area contributed by atoms with E-state index in [1.54, 1.807) is 6.92 Å². The molecule has 1 aromatic rings. The second kappa shape index (κ2) is 4.28. The van der Waals surface area contributed by atoms with Crippen molar-refractivity contribution >= 4 is 5.78 Å². The Kier molecular flexibility index (Phi) is 2.99. The Morgan fingerprint density at radius 1 is 1.31 bits per heavy atom. The van der Waals surface area contributed by atoms with Gasteiger partial charge in [-0.3, -0.25) is 4.79 Å². The molecule has 1 aliphatic carbocycles. The zero-order chi connectivity index (χ0) is 11.6. The molecule has 0 heterocycles. The third kappa shape index (κ3) is 2.26. The summed E-state index contributed by atoms with van der Waals surface area (Å²) in [5.74, 6) is 1.24. The van der Waals surface area contributed by atoms with Crippen LogP contribution in [0.5, 0.6) is 5.75 Å². The molecule has 2 rings (SSSR count). The molecule has 1 fully saturated rings. The van der Waals surface area contributed by atoms with Crippen LogP contribution in [0, 0.1) is 5.41 Å². The van der Waals surface area contributed by atoms with Crippen LogP contribution >= 0.6 is 0 Å². The van der Waals surface area contributed by atoms with Gasteiger partial charge >= 0.3 is 0 Å². The van der Waals surface area contributed by atoms with Crippen LogP contribution in [0.4, 0.5) is 0 Å². The van der Waals surface area contributed by atoms with Crippen LogP contribution in [0.1, 0.15) is 32.3 Å². The largest absolute Gasteiger partial charge is 0.494 e. The zero-order valence-electron chi connectivity index (χ0n) is 9.95. The van der Waals surface area contributed by atoms with Crippen molar-refractivity contribution in [2.75, 3.05) is 6.61 Å². The van der Waals surface area contributed by atoms with Crippen molar-refractivity contribution in [2.45, 2.75) is 33.1 Å². The highest BCUT2D eigenvalue weighted by molar-refractivity contribution is 5.85. The molecule has 0 amide bonds. The molecule has 86 valence electrons.